The van der Waals surface area contributed by atoms with Gasteiger partial charge in [0.2, 0.25) is 0 Å². The minimum atomic E-state index is -0.152. The number of aromatic nitrogens is 2. The van der Waals surface area contributed by atoms with Crippen LogP contribution in [0.4, 0.5) is 17.2 Å². The highest BCUT2D eigenvalue weighted by Gasteiger charge is 2.28. The van der Waals surface area contributed by atoms with Crippen LogP contribution in [0, 0.1) is 0 Å². The number of hydrogen-bond acceptors (Lipinski definition) is 6. The number of carbonyl (C=O) groups is 1. The summed E-state index contributed by atoms with van der Waals surface area (Å²) in [4.78, 5) is 26.7. The molecule has 2 aliphatic rings. The average molecular weight is 457 g/mol. The van der Waals surface area contributed by atoms with Crippen molar-refractivity contribution in [3.05, 3.63) is 77.7 Å². The molecule has 2 aliphatic heterocycles. The maximum atomic E-state index is 13.2. The van der Waals surface area contributed by atoms with E-state index in [2.05, 4.69) is 49.6 Å². The number of likely N-dealkylation sites (tertiary alicyclic amines) is 1. The van der Waals surface area contributed by atoms with Crippen molar-refractivity contribution < 1.29 is 4.79 Å². The Morgan fingerprint density at radius 2 is 1.94 bits per heavy atom. The number of pyridine rings is 2. The molecule has 1 amide bonds. The van der Waals surface area contributed by atoms with E-state index in [0.717, 1.165) is 43.7 Å². The standard InChI is InChI=1S/C27H32N6O/c1-32-15-10-23(11-16-32)33-17-9-21-6-7-22(18-25(21)33)31-27(34)24-5-3-13-29-26(24)30-14-8-20-4-2-12-28-19-20/h2-7,12-13,18-19,23H,8-11,14-17H2,1H3,(H,29,30)(H,31,34). The lowest BCUT2D eigenvalue weighted by Crippen LogP contribution is -2.43. The zero-order valence-electron chi connectivity index (χ0n) is 19.7. The van der Waals surface area contributed by atoms with Crippen molar-refractivity contribution in [2.45, 2.75) is 31.7 Å². The van der Waals surface area contributed by atoms with E-state index in [9.17, 15) is 4.79 Å². The molecule has 0 aliphatic carbocycles. The SMILES string of the molecule is CN1CCC(N2CCc3ccc(NC(=O)c4cccnc4NCCc4cccnc4)cc32)CC1. The van der Waals surface area contributed by atoms with E-state index in [1.54, 1.807) is 18.5 Å². The molecule has 1 saturated heterocycles. The minimum Gasteiger partial charge on any atom is -0.369 e. The van der Waals surface area contributed by atoms with Crippen molar-refractivity contribution in [2.24, 2.45) is 0 Å². The molecule has 3 aromatic rings. The maximum absolute atomic E-state index is 13.2. The number of amides is 1. The Hall–Kier alpha value is -3.45. The summed E-state index contributed by atoms with van der Waals surface area (Å²) < 4.78 is 0. The lowest BCUT2D eigenvalue weighted by Gasteiger charge is -2.36. The zero-order chi connectivity index (χ0) is 23.3. The van der Waals surface area contributed by atoms with Crippen LogP contribution in [-0.4, -0.2) is 60.0 Å². The van der Waals surface area contributed by atoms with Gasteiger partial charge in [0.25, 0.3) is 5.91 Å². The summed E-state index contributed by atoms with van der Waals surface area (Å²) in [6.45, 7) is 4.02. The number of anilines is 3. The molecule has 7 heteroatoms. The summed E-state index contributed by atoms with van der Waals surface area (Å²) >= 11 is 0. The highest BCUT2D eigenvalue weighted by Crippen LogP contribution is 2.35. The Bertz CT molecular complexity index is 1130. The molecular weight excluding hydrogens is 424 g/mol. The quantitative estimate of drug-likeness (QED) is 0.563. The molecule has 2 N–H and O–H groups in total. The van der Waals surface area contributed by atoms with Gasteiger partial charge in [0.1, 0.15) is 5.82 Å². The van der Waals surface area contributed by atoms with Gasteiger partial charge in [0.05, 0.1) is 5.56 Å². The first-order chi connectivity index (χ1) is 16.7. The Morgan fingerprint density at radius 1 is 1.09 bits per heavy atom. The third-order valence-electron chi connectivity index (χ3n) is 6.88. The van der Waals surface area contributed by atoms with E-state index in [1.807, 2.05) is 30.5 Å². The van der Waals surface area contributed by atoms with Crippen molar-refractivity contribution in [1.82, 2.24) is 14.9 Å². The molecule has 0 atom stereocenters. The second-order valence-corrected chi connectivity index (χ2v) is 9.21. The number of nitrogens with one attached hydrogen (secondary N) is 2. The predicted molar refractivity (Wildman–Crippen MR) is 137 cm³/mol. The Morgan fingerprint density at radius 3 is 2.76 bits per heavy atom. The molecule has 0 bridgehead atoms. The van der Waals surface area contributed by atoms with Crippen LogP contribution in [0.15, 0.2) is 61.1 Å². The van der Waals surface area contributed by atoms with Crippen LogP contribution in [0.5, 0.6) is 0 Å². The number of rotatable bonds is 7. The molecule has 0 unspecified atom stereocenters. The van der Waals surface area contributed by atoms with Crippen molar-refractivity contribution >= 4 is 23.1 Å². The topological polar surface area (TPSA) is 73.4 Å². The molecule has 0 radical (unpaired) electrons. The van der Waals surface area contributed by atoms with Gasteiger partial charge >= 0.3 is 0 Å². The van der Waals surface area contributed by atoms with E-state index in [1.165, 1.54) is 24.1 Å². The summed E-state index contributed by atoms with van der Waals surface area (Å²) in [6, 6.07) is 14.5. The largest absolute Gasteiger partial charge is 0.369 e. The van der Waals surface area contributed by atoms with Crippen LogP contribution in [0.3, 0.4) is 0 Å². The third-order valence-corrected chi connectivity index (χ3v) is 6.88. The molecule has 1 aromatic carbocycles. The fourth-order valence-electron chi connectivity index (χ4n) is 4.97. The van der Waals surface area contributed by atoms with Gasteiger partial charge in [0, 0.05) is 49.1 Å². The highest BCUT2D eigenvalue weighted by atomic mass is 16.1. The van der Waals surface area contributed by atoms with Gasteiger partial charge in [0.15, 0.2) is 0 Å². The van der Waals surface area contributed by atoms with Gasteiger partial charge in [-0.1, -0.05) is 12.1 Å². The first-order valence-corrected chi connectivity index (χ1v) is 12.1. The minimum absolute atomic E-state index is 0.152. The van der Waals surface area contributed by atoms with Gasteiger partial charge in [-0.15, -0.1) is 0 Å². The van der Waals surface area contributed by atoms with E-state index in [4.69, 9.17) is 0 Å². The second kappa shape index (κ2) is 10.2. The lowest BCUT2D eigenvalue weighted by molar-refractivity contribution is 0.102. The normalized spacial score (nSPS) is 16.3. The molecule has 2 aromatic heterocycles. The summed E-state index contributed by atoms with van der Waals surface area (Å²) in [5.74, 6) is 0.443. The van der Waals surface area contributed by atoms with Gasteiger partial charge < -0.3 is 20.4 Å². The van der Waals surface area contributed by atoms with Gasteiger partial charge in [-0.05, 0) is 87.3 Å². The predicted octanol–water partition coefficient (Wildman–Crippen LogP) is 3.84. The highest BCUT2D eigenvalue weighted by molar-refractivity contribution is 6.07. The molecule has 1 fully saturated rings. The molecule has 0 saturated carbocycles. The Labute approximate surface area is 201 Å². The number of piperidine rings is 1. The fraction of sp³-hybridized carbons (Fsp3) is 0.370. The van der Waals surface area contributed by atoms with Gasteiger partial charge in [-0.2, -0.15) is 0 Å². The van der Waals surface area contributed by atoms with Crippen LogP contribution < -0.4 is 15.5 Å². The molecule has 4 heterocycles. The maximum Gasteiger partial charge on any atom is 0.259 e. The zero-order valence-corrected chi connectivity index (χ0v) is 19.7. The van der Waals surface area contributed by atoms with Crippen molar-refractivity contribution in [3.8, 4) is 0 Å². The summed E-state index contributed by atoms with van der Waals surface area (Å²) in [7, 11) is 2.20. The van der Waals surface area contributed by atoms with Crippen LogP contribution in [-0.2, 0) is 12.8 Å². The fourth-order valence-corrected chi connectivity index (χ4v) is 4.97. The van der Waals surface area contributed by atoms with Gasteiger partial charge in [-0.25, -0.2) is 4.98 Å². The summed E-state index contributed by atoms with van der Waals surface area (Å²) in [5, 5.41) is 6.41. The number of hydrogen-bond donors (Lipinski definition) is 2. The van der Waals surface area contributed by atoms with E-state index in [-0.39, 0.29) is 5.91 Å². The van der Waals surface area contributed by atoms with Crippen LogP contribution in [0.2, 0.25) is 0 Å². The number of carbonyl (C=O) groups excluding carboxylic acids is 1. The van der Waals surface area contributed by atoms with Crippen LogP contribution >= 0.6 is 0 Å². The Kier molecular flexibility index (Phi) is 6.72. The van der Waals surface area contributed by atoms with Crippen molar-refractivity contribution in [1.29, 1.82) is 0 Å². The van der Waals surface area contributed by atoms with Crippen LogP contribution in [0.1, 0.15) is 34.3 Å². The van der Waals surface area contributed by atoms with E-state index < -0.39 is 0 Å². The first-order valence-electron chi connectivity index (χ1n) is 12.1. The monoisotopic (exact) mass is 456 g/mol. The van der Waals surface area contributed by atoms with Crippen molar-refractivity contribution in [3.63, 3.8) is 0 Å². The molecule has 34 heavy (non-hydrogen) atoms. The van der Waals surface area contributed by atoms with E-state index >= 15 is 0 Å². The van der Waals surface area contributed by atoms with Gasteiger partial charge in [-0.3, -0.25) is 9.78 Å². The van der Waals surface area contributed by atoms with E-state index in [0.29, 0.717) is 24.0 Å². The second-order valence-electron chi connectivity index (χ2n) is 9.21. The smallest absolute Gasteiger partial charge is 0.259 e. The van der Waals surface area contributed by atoms with Crippen LogP contribution in [0.25, 0.3) is 0 Å². The number of nitrogens with zero attached hydrogens (tertiary/aromatic N) is 4. The molecule has 7 nitrogen and oxygen atoms in total. The molecular formula is C27H32N6O. The average Bonchev–Trinajstić information content (AvgIpc) is 3.29. The third kappa shape index (κ3) is 5.04. The summed E-state index contributed by atoms with van der Waals surface area (Å²) in [5.41, 5.74) is 5.16. The number of fused-ring (bicyclic) bond motifs is 1. The molecule has 176 valence electrons. The van der Waals surface area contributed by atoms with Crippen molar-refractivity contribution in [2.75, 3.05) is 48.8 Å². The molecule has 5 rings (SSSR count). The summed E-state index contributed by atoms with van der Waals surface area (Å²) in [6.07, 6.45) is 9.59. The first kappa shape index (κ1) is 22.3. The molecule has 0 spiro atoms. The Balaban J connectivity index is 1.26. The number of benzene rings is 1. The lowest BCUT2D eigenvalue weighted by atomic mass is 10.0.